The normalized spacial score (nSPS) is 22.9. The second kappa shape index (κ2) is 6.36. The lowest BCUT2D eigenvalue weighted by Gasteiger charge is -2.21. The largest absolute Gasteiger partial charge is 0.464 e. The van der Waals surface area contributed by atoms with Crippen LogP contribution in [-0.2, 0) is 4.74 Å². The Balaban J connectivity index is 1.89. The first kappa shape index (κ1) is 13.6. The molecule has 1 aliphatic carbocycles. The average molecular weight is 284 g/mol. The van der Waals surface area contributed by atoms with E-state index in [0.29, 0.717) is 17.7 Å². The van der Waals surface area contributed by atoms with E-state index in [0.717, 1.165) is 10.7 Å². The molecule has 0 bridgehead atoms. The van der Waals surface area contributed by atoms with Crippen molar-refractivity contribution in [1.82, 2.24) is 9.36 Å². The van der Waals surface area contributed by atoms with Crippen molar-refractivity contribution >= 4 is 23.3 Å². The minimum absolute atomic E-state index is 0.165. The Morgan fingerprint density at radius 2 is 2.33 bits per heavy atom. The molecular weight excluding hydrogens is 268 g/mol. The number of thioether (sulfide) groups is 1. The van der Waals surface area contributed by atoms with Crippen LogP contribution in [0.1, 0.15) is 6.92 Å². The van der Waals surface area contributed by atoms with Crippen molar-refractivity contribution in [3.63, 3.8) is 0 Å². The fraction of sp³-hybridized carbons (Fsp3) is 0.500. The lowest BCUT2D eigenvalue weighted by Crippen LogP contribution is -2.20. The minimum atomic E-state index is 0.165. The number of aromatic nitrogens is 2. The van der Waals surface area contributed by atoms with Crippen LogP contribution in [-0.4, -0.2) is 35.4 Å². The van der Waals surface area contributed by atoms with Gasteiger partial charge in [0, 0.05) is 24.6 Å². The Labute approximate surface area is 115 Å². The van der Waals surface area contributed by atoms with E-state index in [1.165, 1.54) is 23.3 Å². The molecule has 1 aliphatic rings. The summed E-state index contributed by atoms with van der Waals surface area (Å²) in [6.45, 7) is 2.66. The van der Waals surface area contributed by atoms with Crippen LogP contribution in [0.25, 0.3) is 0 Å². The second-order valence-electron chi connectivity index (χ2n) is 4.00. The molecule has 0 radical (unpaired) electrons. The fourth-order valence-corrected chi connectivity index (χ4v) is 2.83. The van der Waals surface area contributed by atoms with Gasteiger partial charge in [-0.3, -0.25) is 0 Å². The molecule has 2 atom stereocenters. The van der Waals surface area contributed by atoms with E-state index >= 15 is 0 Å². The van der Waals surface area contributed by atoms with Crippen LogP contribution in [0.5, 0.6) is 5.19 Å². The Kier molecular flexibility index (Phi) is 4.79. The van der Waals surface area contributed by atoms with Gasteiger partial charge in [0.2, 0.25) is 5.16 Å². The van der Waals surface area contributed by atoms with Gasteiger partial charge < -0.3 is 9.47 Å². The van der Waals surface area contributed by atoms with Crippen molar-refractivity contribution in [1.29, 1.82) is 0 Å². The van der Waals surface area contributed by atoms with Gasteiger partial charge in [0.25, 0.3) is 5.19 Å². The minimum Gasteiger partial charge on any atom is -0.464 e. The van der Waals surface area contributed by atoms with Gasteiger partial charge in [0.05, 0.1) is 6.10 Å². The van der Waals surface area contributed by atoms with Gasteiger partial charge in [0.1, 0.15) is 6.61 Å². The van der Waals surface area contributed by atoms with E-state index in [2.05, 4.69) is 28.4 Å². The highest BCUT2D eigenvalue weighted by Crippen LogP contribution is 2.22. The zero-order chi connectivity index (χ0) is 13.0. The molecule has 0 saturated heterocycles. The molecule has 2 unspecified atom stereocenters. The van der Waals surface area contributed by atoms with E-state index in [4.69, 9.17) is 9.47 Å². The molecule has 1 aromatic rings. The molecule has 1 heterocycles. The molecule has 0 aliphatic heterocycles. The molecule has 4 nitrogen and oxygen atoms in total. The van der Waals surface area contributed by atoms with Crippen molar-refractivity contribution in [2.75, 3.05) is 20.0 Å². The lowest BCUT2D eigenvalue weighted by molar-refractivity contribution is 0.111. The molecule has 0 amide bonds. The highest BCUT2D eigenvalue weighted by molar-refractivity contribution is 7.98. The second-order valence-corrected chi connectivity index (χ2v) is 5.48. The Hall–Kier alpha value is -0.850. The molecule has 6 heteroatoms. The zero-order valence-electron chi connectivity index (χ0n) is 10.6. The maximum absolute atomic E-state index is 5.62. The molecule has 18 heavy (non-hydrogen) atoms. The predicted molar refractivity (Wildman–Crippen MR) is 74.4 cm³/mol. The Morgan fingerprint density at radius 1 is 1.50 bits per heavy atom. The van der Waals surface area contributed by atoms with Gasteiger partial charge >= 0.3 is 0 Å². The van der Waals surface area contributed by atoms with Crippen LogP contribution in [0.2, 0.25) is 0 Å². The molecule has 2 rings (SSSR count). The number of ether oxygens (including phenoxy) is 2. The Morgan fingerprint density at radius 3 is 2.94 bits per heavy atom. The summed E-state index contributed by atoms with van der Waals surface area (Å²) in [7, 11) is 1.73. The van der Waals surface area contributed by atoms with Crippen molar-refractivity contribution in [2.24, 2.45) is 5.92 Å². The summed E-state index contributed by atoms with van der Waals surface area (Å²) >= 11 is 2.81. The van der Waals surface area contributed by atoms with Gasteiger partial charge in [0.15, 0.2) is 0 Å². The van der Waals surface area contributed by atoms with Crippen LogP contribution in [0, 0.1) is 5.92 Å². The summed E-state index contributed by atoms with van der Waals surface area (Å²) in [6, 6.07) is 0. The van der Waals surface area contributed by atoms with E-state index in [1.54, 1.807) is 7.11 Å². The molecule has 1 aromatic heterocycles. The smallest absolute Gasteiger partial charge is 0.294 e. The third-order valence-corrected chi connectivity index (χ3v) is 3.99. The first-order valence-electron chi connectivity index (χ1n) is 5.65. The van der Waals surface area contributed by atoms with Gasteiger partial charge in [-0.25, -0.2) is 0 Å². The van der Waals surface area contributed by atoms with Crippen molar-refractivity contribution in [2.45, 2.75) is 18.2 Å². The summed E-state index contributed by atoms with van der Waals surface area (Å²) in [6.07, 6.45) is 8.40. The molecule has 0 saturated carbocycles. The summed E-state index contributed by atoms with van der Waals surface area (Å²) in [5.41, 5.74) is 1.15. The van der Waals surface area contributed by atoms with E-state index in [9.17, 15) is 0 Å². The van der Waals surface area contributed by atoms with Crippen molar-refractivity contribution in [3.8, 4) is 5.19 Å². The van der Waals surface area contributed by atoms with Gasteiger partial charge in [-0.15, -0.1) is 0 Å². The van der Waals surface area contributed by atoms with Gasteiger partial charge in [-0.1, -0.05) is 36.9 Å². The third kappa shape index (κ3) is 3.34. The van der Waals surface area contributed by atoms with Gasteiger partial charge in [-0.2, -0.15) is 9.36 Å². The topological polar surface area (TPSA) is 44.2 Å². The highest BCUT2D eigenvalue weighted by atomic mass is 32.2. The maximum Gasteiger partial charge on any atom is 0.294 e. The predicted octanol–water partition coefficient (Wildman–Crippen LogP) is 2.79. The molecule has 0 aromatic carbocycles. The standard InChI is InChI=1S/C12H16N2O2S2/c1-8-6-9(4-5-10(8)15-2)7-16-12-13-11(17-3)14-18-12/h4-6,8,10H,7H2,1-3H3. The highest BCUT2D eigenvalue weighted by Gasteiger charge is 2.16. The van der Waals surface area contributed by atoms with Crippen LogP contribution in [0.4, 0.5) is 0 Å². The van der Waals surface area contributed by atoms with Crippen molar-refractivity contribution < 1.29 is 9.47 Å². The fourth-order valence-electron chi connectivity index (χ4n) is 1.75. The number of hydrogen-bond donors (Lipinski definition) is 0. The number of hydrogen-bond acceptors (Lipinski definition) is 6. The molecule has 0 N–H and O–H groups in total. The third-order valence-electron chi connectivity index (χ3n) is 2.70. The summed E-state index contributed by atoms with van der Waals surface area (Å²) < 4.78 is 15.1. The average Bonchev–Trinajstić information content (AvgIpc) is 2.84. The lowest BCUT2D eigenvalue weighted by atomic mass is 9.95. The molecule has 0 spiro atoms. The number of methoxy groups -OCH3 is 1. The van der Waals surface area contributed by atoms with Crippen LogP contribution in [0.15, 0.2) is 29.0 Å². The number of rotatable bonds is 5. The van der Waals surface area contributed by atoms with Crippen LogP contribution >= 0.6 is 23.3 Å². The molecule has 98 valence electrons. The first-order chi connectivity index (χ1) is 8.72. The summed E-state index contributed by atoms with van der Waals surface area (Å²) in [5.74, 6) is 0.370. The van der Waals surface area contributed by atoms with Crippen molar-refractivity contribution in [3.05, 3.63) is 23.8 Å². The summed E-state index contributed by atoms with van der Waals surface area (Å²) in [4.78, 5) is 4.24. The number of nitrogens with zero attached hydrogens (tertiary/aromatic N) is 2. The van der Waals surface area contributed by atoms with Crippen LogP contribution in [0.3, 0.4) is 0 Å². The molecule has 0 fully saturated rings. The van der Waals surface area contributed by atoms with E-state index < -0.39 is 0 Å². The van der Waals surface area contributed by atoms with E-state index in [-0.39, 0.29) is 6.10 Å². The zero-order valence-corrected chi connectivity index (χ0v) is 12.3. The quantitative estimate of drug-likeness (QED) is 0.778. The van der Waals surface area contributed by atoms with Crippen LogP contribution < -0.4 is 4.74 Å². The maximum atomic E-state index is 5.62. The Bertz CT molecular complexity index is 457. The first-order valence-corrected chi connectivity index (χ1v) is 7.65. The SMILES string of the molecule is COC1C=CC(COc2nc(SC)ns2)=CC1C. The monoisotopic (exact) mass is 284 g/mol. The summed E-state index contributed by atoms with van der Waals surface area (Å²) in [5, 5.41) is 1.38. The van der Waals surface area contributed by atoms with E-state index in [1.807, 2.05) is 12.3 Å². The molecular formula is C12H16N2O2S2. The van der Waals surface area contributed by atoms with Gasteiger partial charge in [-0.05, 0) is 11.8 Å².